The maximum Gasteiger partial charge on any atom is 0.457 e. The Hall–Kier alpha value is -2.38. The number of benzene rings is 2. The quantitative estimate of drug-likeness (QED) is 0.539. The summed E-state index contributed by atoms with van der Waals surface area (Å²) in [5.41, 5.74) is 0.440. The molecular formula is C18H17F5O3. The molecule has 0 N–H and O–H groups in total. The van der Waals surface area contributed by atoms with E-state index in [1.807, 2.05) is 0 Å². The molecule has 0 unspecified atom stereocenters. The van der Waals surface area contributed by atoms with Gasteiger partial charge >= 0.3 is 18.1 Å². The Bertz CT molecular complexity index is 801. The first-order valence-electron chi connectivity index (χ1n) is 7.70. The molecule has 0 heterocycles. The predicted molar refractivity (Wildman–Crippen MR) is 85.5 cm³/mol. The number of carbonyl (C=O) groups is 1. The Balaban J connectivity index is 2.19. The molecule has 0 aliphatic heterocycles. The summed E-state index contributed by atoms with van der Waals surface area (Å²) in [6.07, 6.45) is -8.42. The summed E-state index contributed by atoms with van der Waals surface area (Å²) in [4.78, 5) is 12.0. The van der Waals surface area contributed by atoms with Crippen LogP contribution in [0.1, 0.15) is 25.3 Å². The number of hydrogen-bond donors (Lipinski definition) is 0. The van der Waals surface area contributed by atoms with Gasteiger partial charge < -0.3 is 9.47 Å². The second-order valence-electron chi connectivity index (χ2n) is 5.89. The van der Waals surface area contributed by atoms with Gasteiger partial charge in [-0.25, -0.2) is 0 Å². The van der Waals surface area contributed by atoms with E-state index in [0.717, 1.165) is 10.8 Å². The van der Waals surface area contributed by atoms with E-state index in [9.17, 15) is 26.7 Å². The molecule has 0 fully saturated rings. The molecule has 0 radical (unpaired) electrons. The zero-order valence-corrected chi connectivity index (χ0v) is 14.2. The van der Waals surface area contributed by atoms with Gasteiger partial charge in [0, 0.05) is 0 Å². The fraction of sp³-hybridized carbons (Fsp3) is 0.389. The summed E-state index contributed by atoms with van der Waals surface area (Å²) in [6, 6.07) is 10.2. The highest BCUT2D eigenvalue weighted by molar-refractivity contribution is 5.86. The van der Waals surface area contributed by atoms with Crippen LogP contribution in [0.25, 0.3) is 10.8 Å². The van der Waals surface area contributed by atoms with Crippen molar-refractivity contribution in [1.29, 1.82) is 0 Å². The topological polar surface area (TPSA) is 35.5 Å². The van der Waals surface area contributed by atoms with Crippen molar-refractivity contribution in [2.75, 3.05) is 7.11 Å². The molecule has 0 saturated heterocycles. The van der Waals surface area contributed by atoms with Crippen LogP contribution in [0.2, 0.25) is 0 Å². The number of halogens is 5. The first-order chi connectivity index (χ1) is 12.0. The second kappa shape index (κ2) is 7.09. The monoisotopic (exact) mass is 376 g/mol. The number of methoxy groups -OCH3 is 1. The molecule has 142 valence electrons. The van der Waals surface area contributed by atoms with Crippen molar-refractivity contribution >= 4 is 16.7 Å². The van der Waals surface area contributed by atoms with Crippen LogP contribution >= 0.6 is 0 Å². The van der Waals surface area contributed by atoms with Crippen LogP contribution < -0.4 is 4.74 Å². The van der Waals surface area contributed by atoms with Gasteiger partial charge in [0.2, 0.25) is 0 Å². The van der Waals surface area contributed by atoms with E-state index >= 15 is 0 Å². The van der Waals surface area contributed by atoms with Crippen molar-refractivity contribution in [3.8, 4) is 5.75 Å². The molecule has 0 bridgehead atoms. The molecule has 2 atom stereocenters. The average molecular weight is 376 g/mol. The van der Waals surface area contributed by atoms with Crippen molar-refractivity contribution in [3.05, 3.63) is 42.0 Å². The molecule has 0 aliphatic rings. The summed E-state index contributed by atoms with van der Waals surface area (Å²) in [6.45, 7) is 1.90. The van der Waals surface area contributed by atoms with E-state index in [2.05, 4.69) is 4.74 Å². The third-order valence-electron chi connectivity index (χ3n) is 4.11. The molecule has 2 aromatic rings. The van der Waals surface area contributed by atoms with Crippen LogP contribution in [0, 0.1) is 0 Å². The highest BCUT2D eigenvalue weighted by Crippen LogP contribution is 2.39. The minimum atomic E-state index is -5.79. The number of ether oxygens (including phenoxy) is 2. The Morgan fingerprint density at radius 3 is 2.12 bits per heavy atom. The summed E-state index contributed by atoms with van der Waals surface area (Å²) in [5.74, 6) is -6.65. The normalized spacial score (nSPS) is 14.8. The zero-order chi connectivity index (χ0) is 19.7. The van der Waals surface area contributed by atoms with E-state index < -0.39 is 30.1 Å². The van der Waals surface area contributed by atoms with Gasteiger partial charge in [-0.15, -0.1) is 0 Å². The Kier molecular flexibility index (Phi) is 5.44. The molecule has 0 saturated carbocycles. The molecule has 0 spiro atoms. The molecule has 0 aromatic heterocycles. The molecule has 8 heteroatoms. The predicted octanol–water partition coefficient (Wildman–Crippen LogP) is 5.08. The van der Waals surface area contributed by atoms with Crippen LogP contribution in [0.5, 0.6) is 5.75 Å². The van der Waals surface area contributed by atoms with Gasteiger partial charge in [0.1, 0.15) is 5.75 Å². The lowest BCUT2D eigenvalue weighted by Crippen LogP contribution is -2.47. The molecule has 26 heavy (non-hydrogen) atoms. The van der Waals surface area contributed by atoms with Crippen molar-refractivity contribution in [3.63, 3.8) is 0 Å². The molecule has 3 nitrogen and oxygen atoms in total. The lowest BCUT2D eigenvalue weighted by Gasteiger charge is -2.26. The largest absolute Gasteiger partial charge is 0.497 e. The van der Waals surface area contributed by atoms with Crippen LogP contribution in [0.3, 0.4) is 0 Å². The van der Waals surface area contributed by atoms with E-state index in [1.54, 1.807) is 36.4 Å². The standard InChI is InChI=1S/C18H17F5O3/c1-10(16(24)26-11(2)17(19,20)18(21,22)23)12-4-5-14-9-15(25-3)7-6-13(14)8-12/h4-11H,1-3H3/t10-,11+/m0/s1. The summed E-state index contributed by atoms with van der Waals surface area (Å²) in [5, 5.41) is 1.59. The molecule has 0 aliphatic carbocycles. The number of alkyl halides is 5. The smallest absolute Gasteiger partial charge is 0.457 e. The van der Waals surface area contributed by atoms with Crippen LogP contribution in [0.15, 0.2) is 36.4 Å². The first-order valence-corrected chi connectivity index (χ1v) is 7.70. The summed E-state index contributed by atoms with van der Waals surface area (Å²) < 4.78 is 72.9. The van der Waals surface area contributed by atoms with Crippen LogP contribution in [-0.4, -0.2) is 31.3 Å². The number of fused-ring (bicyclic) bond motifs is 1. The van der Waals surface area contributed by atoms with E-state index in [0.29, 0.717) is 18.2 Å². The van der Waals surface area contributed by atoms with Gasteiger partial charge in [-0.2, -0.15) is 22.0 Å². The highest BCUT2D eigenvalue weighted by Gasteiger charge is 2.62. The summed E-state index contributed by atoms with van der Waals surface area (Å²) in [7, 11) is 1.52. The van der Waals surface area contributed by atoms with Crippen LogP contribution in [-0.2, 0) is 9.53 Å². The highest BCUT2D eigenvalue weighted by atomic mass is 19.4. The van der Waals surface area contributed by atoms with E-state index in [-0.39, 0.29) is 0 Å². The maximum atomic E-state index is 13.2. The SMILES string of the molecule is COc1ccc2cc([C@H](C)C(=O)O[C@H](C)C(F)(F)C(F)(F)F)ccc2c1. The minimum absolute atomic E-state index is 0.440. The molecular weight excluding hydrogens is 359 g/mol. The fourth-order valence-electron chi connectivity index (χ4n) is 2.36. The van der Waals surface area contributed by atoms with Gasteiger partial charge in [-0.1, -0.05) is 24.3 Å². The zero-order valence-electron chi connectivity index (χ0n) is 14.2. The Labute approximate surface area is 146 Å². The molecule has 2 aromatic carbocycles. The Morgan fingerprint density at radius 1 is 0.962 bits per heavy atom. The molecule has 0 amide bonds. The summed E-state index contributed by atoms with van der Waals surface area (Å²) >= 11 is 0. The fourth-order valence-corrected chi connectivity index (χ4v) is 2.36. The van der Waals surface area contributed by atoms with Crippen molar-refractivity contribution in [2.45, 2.75) is 38.0 Å². The minimum Gasteiger partial charge on any atom is -0.497 e. The third-order valence-corrected chi connectivity index (χ3v) is 4.11. The second-order valence-corrected chi connectivity index (χ2v) is 5.89. The van der Waals surface area contributed by atoms with Crippen LogP contribution in [0.4, 0.5) is 22.0 Å². The number of hydrogen-bond acceptors (Lipinski definition) is 3. The number of esters is 1. The van der Waals surface area contributed by atoms with Gasteiger partial charge in [-0.05, 0) is 42.3 Å². The third kappa shape index (κ3) is 3.89. The molecule has 2 rings (SSSR count). The Morgan fingerprint density at radius 2 is 1.54 bits per heavy atom. The van der Waals surface area contributed by atoms with Gasteiger partial charge in [-0.3, -0.25) is 4.79 Å². The maximum absolute atomic E-state index is 13.2. The average Bonchev–Trinajstić information content (AvgIpc) is 2.58. The van der Waals surface area contributed by atoms with Crippen molar-refractivity contribution in [2.24, 2.45) is 0 Å². The van der Waals surface area contributed by atoms with E-state index in [1.165, 1.54) is 14.0 Å². The number of rotatable bonds is 5. The van der Waals surface area contributed by atoms with Gasteiger partial charge in [0.15, 0.2) is 6.10 Å². The van der Waals surface area contributed by atoms with Gasteiger partial charge in [0.25, 0.3) is 0 Å². The number of carbonyl (C=O) groups excluding carboxylic acids is 1. The lowest BCUT2D eigenvalue weighted by molar-refractivity contribution is -0.311. The van der Waals surface area contributed by atoms with Crippen molar-refractivity contribution < 1.29 is 36.2 Å². The first kappa shape index (κ1) is 19.9. The van der Waals surface area contributed by atoms with Crippen molar-refractivity contribution in [1.82, 2.24) is 0 Å². The van der Waals surface area contributed by atoms with E-state index in [4.69, 9.17) is 4.74 Å². The van der Waals surface area contributed by atoms with Gasteiger partial charge in [0.05, 0.1) is 13.0 Å². The lowest BCUT2D eigenvalue weighted by atomic mass is 9.97.